The molecule has 1 aromatic carbocycles. The number of nitrogens with one attached hydrogen (secondary N) is 1. The highest BCUT2D eigenvalue weighted by atomic mass is 16.5. The third kappa shape index (κ3) is 2.98. The SMILES string of the molecule is Cc1cc(-c2nc(N)c3c(C4CNC4)ccn3n2)ccc1Oc1ccn2ncnc2c1. The Bertz CT molecular complexity index is 1430. The highest BCUT2D eigenvalue weighted by Gasteiger charge is 2.24. The summed E-state index contributed by atoms with van der Waals surface area (Å²) in [4.78, 5) is 8.78. The summed E-state index contributed by atoms with van der Waals surface area (Å²) in [5, 5.41) is 12.1. The molecule has 6 rings (SSSR count). The van der Waals surface area contributed by atoms with Crippen molar-refractivity contribution in [3.8, 4) is 22.9 Å². The van der Waals surface area contributed by atoms with Gasteiger partial charge in [0.05, 0.1) is 0 Å². The van der Waals surface area contributed by atoms with Gasteiger partial charge in [0.25, 0.3) is 0 Å². The molecule has 5 aromatic rings. The van der Waals surface area contributed by atoms with E-state index in [2.05, 4.69) is 26.4 Å². The maximum absolute atomic E-state index is 6.33. The number of nitrogen functional groups attached to an aromatic ring is 1. The Balaban J connectivity index is 1.32. The Kier molecular flexibility index (Phi) is 3.90. The molecule has 1 fully saturated rings. The molecule has 0 unspecified atom stereocenters. The molecule has 0 radical (unpaired) electrons. The molecule has 0 spiro atoms. The molecule has 9 nitrogen and oxygen atoms in total. The van der Waals surface area contributed by atoms with E-state index in [1.807, 2.05) is 54.2 Å². The van der Waals surface area contributed by atoms with Gasteiger partial charge in [0.2, 0.25) is 0 Å². The molecule has 5 heterocycles. The third-order valence-corrected chi connectivity index (χ3v) is 5.70. The van der Waals surface area contributed by atoms with Crippen molar-refractivity contribution in [3.63, 3.8) is 0 Å². The molecule has 154 valence electrons. The van der Waals surface area contributed by atoms with Crippen LogP contribution in [0.2, 0.25) is 0 Å². The van der Waals surface area contributed by atoms with Gasteiger partial charge in [-0.15, -0.1) is 5.10 Å². The van der Waals surface area contributed by atoms with Crippen LogP contribution in [0.4, 0.5) is 5.82 Å². The van der Waals surface area contributed by atoms with Crippen LogP contribution >= 0.6 is 0 Å². The van der Waals surface area contributed by atoms with Crippen molar-refractivity contribution in [1.29, 1.82) is 0 Å². The molecule has 1 saturated heterocycles. The maximum Gasteiger partial charge on any atom is 0.182 e. The molecule has 0 bridgehead atoms. The van der Waals surface area contributed by atoms with Gasteiger partial charge in [0.15, 0.2) is 17.3 Å². The first-order valence-electron chi connectivity index (χ1n) is 10.1. The maximum atomic E-state index is 6.33. The molecule has 3 N–H and O–H groups in total. The minimum Gasteiger partial charge on any atom is -0.457 e. The summed E-state index contributed by atoms with van der Waals surface area (Å²) in [5.74, 6) is 3.00. The largest absolute Gasteiger partial charge is 0.457 e. The van der Waals surface area contributed by atoms with Gasteiger partial charge in [-0.05, 0) is 48.4 Å². The summed E-state index contributed by atoms with van der Waals surface area (Å²) in [6.07, 6.45) is 5.28. The fourth-order valence-electron chi connectivity index (χ4n) is 3.93. The molecule has 9 heteroatoms. The lowest BCUT2D eigenvalue weighted by Crippen LogP contribution is -2.39. The van der Waals surface area contributed by atoms with E-state index in [4.69, 9.17) is 15.6 Å². The Morgan fingerprint density at radius 3 is 2.77 bits per heavy atom. The summed E-state index contributed by atoms with van der Waals surface area (Å²) in [7, 11) is 0. The van der Waals surface area contributed by atoms with Crippen molar-refractivity contribution in [2.45, 2.75) is 12.8 Å². The first kappa shape index (κ1) is 17.8. The average molecular weight is 412 g/mol. The molecule has 0 saturated carbocycles. The lowest BCUT2D eigenvalue weighted by Gasteiger charge is -2.26. The Hall–Kier alpha value is -3.98. The van der Waals surface area contributed by atoms with Crippen LogP contribution < -0.4 is 15.8 Å². The third-order valence-electron chi connectivity index (χ3n) is 5.70. The van der Waals surface area contributed by atoms with Crippen LogP contribution in [-0.4, -0.2) is 42.3 Å². The van der Waals surface area contributed by atoms with E-state index in [9.17, 15) is 0 Å². The number of aryl methyl sites for hydroxylation is 1. The normalized spacial score (nSPS) is 14.2. The van der Waals surface area contributed by atoms with Crippen molar-refractivity contribution in [1.82, 2.24) is 34.5 Å². The number of rotatable bonds is 4. The molecule has 0 aliphatic carbocycles. The van der Waals surface area contributed by atoms with E-state index < -0.39 is 0 Å². The van der Waals surface area contributed by atoms with Gasteiger partial charge < -0.3 is 15.8 Å². The number of fused-ring (bicyclic) bond motifs is 2. The van der Waals surface area contributed by atoms with Crippen LogP contribution in [0, 0.1) is 6.92 Å². The lowest BCUT2D eigenvalue weighted by atomic mass is 9.95. The Morgan fingerprint density at radius 1 is 1.10 bits per heavy atom. The molecular formula is C22H20N8O. The number of nitrogens with zero attached hydrogens (tertiary/aromatic N) is 6. The van der Waals surface area contributed by atoms with E-state index in [0.29, 0.717) is 23.3 Å². The second-order valence-electron chi connectivity index (χ2n) is 7.75. The number of hydrogen-bond donors (Lipinski definition) is 2. The molecule has 31 heavy (non-hydrogen) atoms. The monoisotopic (exact) mass is 412 g/mol. The highest BCUT2D eigenvalue weighted by Crippen LogP contribution is 2.31. The van der Waals surface area contributed by atoms with Gasteiger partial charge in [-0.3, -0.25) is 0 Å². The number of benzene rings is 1. The van der Waals surface area contributed by atoms with Crippen LogP contribution in [0.25, 0.3) is 22.6 Å². The zero-order chi connectivity index (χ0) is 20.9. The minimum atomic E-state index is 0.470. The zero-order valence-corrected chi connectivity index (χ0v) is 16.9. The van der Waals surface area contributed by atoms with Crippen LogP contribution in [0.1, 0.15) is 17.0 Å². The summed E-state index contributed by atoms with van der Waals surface area (Å²) in [6, 6.07) is 11.7. The van der Waals surface area contributed by atoms with Gasteiger partial charge in [0.1, 0.15) is 23.3 Å². The fraction of sp³-hybridized carbons (Fsp3) is 0.182. The summed E-state index contributed by atoms with van der Waals surface area (Å²) in [5.41, 5.74) is 11.0. The van der Waals surface area contributed by atoms with Crippen LogP contribution in [-0.2, 0) is 0 Å². The van der Waals surface area contributed by atoms with Gasteiger partial charge in [0, 0.05) is 43.0 Å². The summed E-state index contributed by atoms with van der Waals surface area (Å²) < 4.78 is 9.58. The van der Waals surface area contributed by atoms with Gasteiger partial charge in [-0.25, -0.2) is 19.0 Å². The molecule has 4 aromatic heterocycles. The van der Waals surface area contributed by atoms with Crippen LogP contribution in [0.5, 0.6) is 11.5 Å². The number of nitrogens with two attached hydrogens (primary N) is 1. The first-order valence-corrected chi connectivity index (χ1v) is 10.1. The molecule has 1 aliphatic heterocycles. The van der Waals surface area contributed by atoms with Crippen molar-refractivity contribution in [2.24, 2.45) is 0 Å². The summed E-state index contributed by atoms with van der Waals surface area (Å²) >= 11 is 0. The fourth-order valence-corrected chi connectivity index (χ4v) is 3.93. The van der Waals surface area contributed by atoms with Gasteiger partial charge in [-0.2, -0.15) is 5.10 Å². The van der Waals surface area contributed by atoms with E-state index in [1.165, 1.54) is 11.9 Å². The minimum absolute atomic E-state index is 0.470. The molecule has 0 atom stereocenters. The van der Waals surface area contributed by atoms with Crippen LogP contribution in [0.3, 0.4) is 0 Å². The van der Waals surface area contributed by atoms with Crippen molar-refractivity contribution in [2.75, 3.05) is 18.8 Å². The molecule has 0 amide bonds. The van der Waals surface area contributed by atoms with E-state index in [0.717, 1.165) is 41.1 Å². The number of aromatic nitrogens is 6. The predicted octanol–water partition coefficient (Wildman–Crippen LogP) is 2.81. The number of ether oxygens (including phenoxy) is 1. The van der Waals surface area contributed by atoms with Crippen molar-refractivity contribution >= 4 is 17.0 Å². The number of hydrogen-bond acceptors (Lipinski definition) is 7. The standard InChI is InChI=1S/C22H20N8O/c1-13-8-14(2-3-18(13)31-16-4-6-29-19(9-16)25-12-26-29)22-27-21(23)20-17(15-10-24-11-15)5-7-30(20)28-22/h2-9,12,15,24H,10-11H2,1H3,(H2,23,27,28). The average Bonchev–Trinajstić information content (AvgIpc) is 3.35. The number of anilines is 1. The zero-order valence-electron chi connectivity index (χ0n) is 16.9. The predicted molar refractivity (Wildman–Crippen MR) is 116 cm³/mol. The van der Waals surface area contributed by atoms with E-state index in [-0.39, 0.29) is 0 Å². The Morgan fingerprint density at radius 2 is 1.97 bits per heavy atom. The van der Waals surface area contributed by atoms with Crippen LogP contribution in [0.15, 0.2) is 55.1 Å². The van der Waals surface area contributed by atoms with Crippen molar-refractivity contribution in [3.05, 3.63) is 66.2 Å². The van der Waals surface area contributed by atoms with E-state index >= 15 is 0 Å². The molecular weight excluding hydrogens is 392 g/mol. The lowest BCUT2D eigenvalue weighted by molar-refractivity contribution is 0.451. The Labute approximate surface area is 177 Å². The van der Waals surface area contributed by atoms with Crippen molar-refractivity contribution < 1.29 is 4.74 Å². The second-order valence-corrected chi connectivity index (χ2v) is 7.75. The van der Waals surface area contributed by atoms with Gasteiger partial charge in [-0.1, -0.05) is 0 Å². The summed E-state index contributed by atoms with van der Waals surface area (Å²) in [6.45, 7) is 3.92. The first-order chi connectivity index (χ1) is 15.2. The van der Waals surface area contributed by atoms with Gasteiger partial charge >= 0.3 is 0 Å². The highest BCUT2D eigenvalue weighted by molar-refractivity contribution is 5.74. The topological polar surface area (TPSA) is 108 Å². The quantitative estimate of drug-likeness (QED) is 0.467. The number of pyridine rings is 1. The molecule has 1 aliphatic rings. The second kappa shape index (κ2) is 6.78. The van der Waals surface area contributed by atoms with E-state index in [1.54, 1.807) is 4.52 Å². The smallest absolute Gasteiger partial charge is 0.182 e.